The Bertz CT molecular complexity index is 1440. The summed E-state index contributed by atoms with van der Waals surface area (Å²) in [4.78, 5) is 0. The smallest absolute Gasteiger partial charge is 0.0159 e. The Hall–Kier alpha value is -2.86. The SMILES string of the molecule is CC(C)c1ccc2c(c1)C(C)(C)c1ccc3c4c(ccc-2c14)-c1ccc(C(C)(C)C)cc1-3. The summed E-state index contributed by atoms with van der Waals surface area (Å²) in [5.74, 6) is 0.538. The minimum atomic E-state index is -0.0181. The first-order valence-electron chi connectivity index (χ1n) is 12.0. The molecular weight excluding hydrogens is 384 g/mol. The van der Waals surface area contributed by atoms with Crippen molar-refractivity contribution in [2.24, 2.45) is 0 Å². The van der Waals surface area contributed by atoms with Crippen LogP contribution in [0, 0.1) is 0 Å². The van der Waals surface area contributed by atoms with E-state index in [-0.39, 0.29) is 10.8 Å². The highest BCUT2D eigenvalue weighted by Crippen LogP contribution is 2.56. The summed E-state index contributed by atoms with van der Waals surface area (Å²) in [6, 6.07) is 23.8. The van der Waals surface area contributed by atoms with Gasteiger partial charge in [0, 0.05) is 5.41 Å². The molecule has 0 aromatic heterocycles. The Morgan fingerprint density at radius 3 is 1.88 bits per heavy atom. The Morgan fingerprint density at radius 1 is 0.594 bits per heavy atom. The fraction of sp³-hybridized carbons (Fsp3) is 0.312. The summed E-state index contributed by atoms with van der Waals surface area (Å²) in [6.07, 6.45) is 0. The minimum Gasteiger partial charge on any atom is -0.0587 e. The Kier molecular flexibility index (Phi) is 3.79. The quantitative estimate of drug-likeness (QED) is 0.255. The molecule has 0 saturated heterocycles. The number of benzene rings is 4. The van der Waals surface area contributed by atoms with Crippen molar-refractivity contribution >= 4 is 10.8 Å². The second-order valence-corrected chi connectivity index (χ2v) is 11.7. The second-order valence-electron chi connectivity index (χ2n) is 11.7. The number of hydrogen-bond donors (Lipinski definition) is 0. The van der Waals surface area contributed by atoms with Crippen LogP contribution >= 0.6 is 0 Å². The van der Waals surface area contributed by atoms with Crippen LogP contribution in [0.25, 0.3) is 44.2 Å². The molecule has 0 atom stereocenters. The van der Waals surface area contributed by atoms with Gasteiger partial charge in [-0.2, -0.15) is 0 Å². The second kappa shape index (κ2) is 6.13. The van der Waals surface area contributed by atoms with Crippen LogP contribution in [0.4, 0.5) is 0 Å². The highest BCUT2D eigenvalue weighted by Gasteiger charge is 2.36. The molecule has 0 amide bonds. The predicted octanol–water partition coefficient (Wildman–Crippen LogP) is 9.21. The van der Waals surface area contributed by atoms with Gasteiger partial charge in [0.15, 0.2) is 0 Å². The van der Waals surface area contributed by atoms with E-state index >= 15 is 0 Å². The first-order chi connectivity index (χ1) is 15.1. The summed E-state index contributed by atoms with van der Waals surface area (Å²) in [7, 11) is 0. The van der Waals surface area contributed by atoms with Crippen molar-refractivity contribution in [3.05, 3.63) is 82.9 Å². The number of hydrogen-bond acceptors (Lipinski definition) is 0. The van der Waals surface area contributed by atoms with Gasteiger partial charge in [0.1, 0.15) is 0 Å². The third kappa shape index (κ3) is 2.44. The van der Waals surface area contributed by atoms with Crippen LogP contribution in [0.3, 0.4) is 0 Å². The van der Waals surface area contributed by atoms with Gasteiger partial charge in [-0.15, -0.1) is 0 Å². The molecular formula is C32H32. The van der Waals surface area contributed by atoms with Crippen LogP contribution in [-0.2, 0) is 10.8 Å². The van der Waals surface area contributed by atoms with Crippen LogP contribution in [0.5, 0.6) is 0 Å². The third-order valence-corrected chi connectivity index (χ3v) is 7.97. The van der Waals surface area contributed by atoms with Crippen molar-refractivity contribution in [1.82, 2.24) is 0 Å². The predicted molar refractivity (Wildman–Crippen MR) is 139 cm³/mol. The molecule has 0 heterocycles. The van der Waals surface area contributed by atoms with Crippen LogP contribution in [-0.4, -0.2) is 0 Å². The highest BCUT2D eigenvalue weighted by atomic mass is 14.4. The highest BCUT2D eigenvalue weighted by molar-refractivity contribution is 6.20. The van der Waals surface area contributed by atoms with Crippen LogP contribution < -0.4 is 0 Å². The average Bonchev–Trinajstić information content (AvgIpc) is 3.07. The van der Waals surface area contributed by atoms with Crippen molar-refractivity contribution in [3.8, 4) is 33.4 Å². The lowest BCUT2D eigenvalue weighted by molar-refractivity contribution is 0.590. The molecule has 2 aliphatic carbocycles. The molecule has 6 rings (SSSR count). The molecule has 0 saturated carbocycles. The summed E-state index contributed by atoms with van der Waals surface area (Å²) in [5, 5.41) is 2.91. The fourth-order valence-corrected chi connectivity index (χ4v) is 5.98. The van der Waals surface area contributed by atoms with Gasteiger partial charge in [0.2, 0.25) is 0 Å². The van der Waals surface area contributed by atoms with Gasteiger partial charge in [-0.3, -0.25) is 0 Å². The average molecular weight is 417 g/mol. The van der Waals surface area contributed by atoms with E-state index in [9.17, 15) is 0 Å². The Morgan fingerprint density at radius 2 is 1.19 bits per heavy atom. The van der Waals surface area contributed by atoms with Crippen LogP contribution in [0.15, 0.2) is 60.7 Å². The Balaban J connectivity index is 1.69. The van der Waals surface area contributed by atoms with Crippen molar-refractivity contribution < 1.29 is 0 Å². The number of fused-ring (bicyclic) bond motifs is 5. The van der Waals surface area contributed by atoms with Gasteiger partial charge in [-0.25, -0.2) is 0 Å². The number of rotatable bonds is 1. The summed E-state index contributed by atoms with van der Waals surface area (Å²) >= 11 is 0. The van der Waals surface area contributed by atoms with Gasteiger partial charge in [0.05, 0.1) is 0 Å². The first-order valence-corrected chi connectivity index (χ1v) is 12.0. The van der Waals surface area contributed by atoms with E-state index in [2.05, 4.69) is 109 Å². The third-order valence-electron chi connectivity index (χ3n) is 7.97. The molecule has 4 aromatic carbocycles. The van der Waals surface area contributed by atoms with Gasteiger partial charge in [-0.05, 0) is 83.8 Å². The van der Waals surface area contributed by atoms with Crippen molar-refractivity contribution in [2.45, 2.75) is 65.2 Å². The normalized spacial score (nSPS) is 15.2. The summed E-state index contributed by atoms with van der Waals surface area (Å²) in [6.45, 7) is 16.3. The molecule has 0 nitrogen and oxygen atoms in total. The molecule has 0 unspecified atom stereocenters. The van der Waals surface area contributed by atoms with E-state index in [1.165, 1.54) is 66.4 Å². The fourth-order valence-electron chi connectivity index (χ4n) is 5.98. The zero-order valence-electron chi connectivity index (χ0n) is 20.4. The van der Waals surface area contributed by atoms with Crippen LogP contribution in [0.1, 0.15) is 76.6 Å². The van der Waals surface area contributed by atoms with Crippen molar-refractivity contribution in [2.75, 3.05) is 0 Å². The van der Waals surface area contributed by atoms with Crippen molar-refractivity contribution in [3.63, 3.8) is 0 Å². The van der Waals surface area contributed by atoms with Crippen LogP contribution in [0.2, 0.25) is 0 Å². The van der Waals surface area contributed by atoms with Gasteiger partial charge in [-0.1, -0.05) is 103 Å². The maximum atomic E-state index is 2.46. The molecule has 0 radical (unpaired) electrons. The molecule has 32 heavy (non-hydrogen) atoms. The molecule has 2 aliphatic rings. The molecule has 0 N–H and O–H groups in total. The van der Waals surface area contributed by atoms with E-state index in [0.717, 1.165) is 0 Å². The first kappa shape index (κ1) is 19.8. The molecule has 0 aliphatic heterocycles. The zero-order valence-corrected chi connectivity index (χ0v) is 20.4. The maximum Gasteiger partial charge on any atom is 0.0159 e. The maximum absolute atomic E-state index is 2.46. The summed E-state index contributed by atoms with van der Waals surface area (Å²) in [5.41, 5.74) is 14.3. The van der Waals surface area contributed by atoms with E-state index in [1.807, 2.05) is 0 Å². The topological polar surface area (TPSA) is 0 Å². The van der Waals surface area contributed by atoms with E-state index in [1.54, 1.807) is 0 Å². The standard InChI is InChI=1S/C32H32/c1-18(2)19-8-10-22-24-13-12-23-21-11-9-20(31(3,4)5)17-26(21)25-14-15-27(30(24)29(23)25)32(6,7)28(22)16-19/h8-18H,1-7H3. The Labute approximate surface area is 192 Å². The minimum absolute atomic E-state index is 0.0181. The zero-order chi connectivity index (χ0) is 22.6. The van der Waals surface area contributed by atoms with Gasteiger partial charge >= 0.3 is 0 Å². The lowest BCUT2D eigenvalue weighted by Gasteiger charge is -2.36. The molecule has 4 aromatic rings. The molecule has 0 fully saturated rings. The lowest BCUT2D eigenvalue weighted by atomic mass is 9.67. The van der Waals surface area contributed by atoms with Gasteiger partial charge < -0.3 is 0 Å². The molecule has 0 spiro atoms. The molecule has 0 heteroatoms. The van der Waals surface area contributed by atoms with Gasteiger partial charge in [0.25, 0.3) is 0 Å². The lowest BCUT2D eigenvalue weighted by Crippen LogP contribution is -2.24. The van der Waals surface area contributed by atoms with E-state index in [4.69, 9.17) is 0 Å². The van der Waals surface area contributed by atoms with E-state index < -0.39 is 0 Å². The molecule has 160 valence electrons. The summed E-state index contributed by atoms with van der Waals surface area (Å²) < 4.78 is 0. The van der Waals surface area contributed by atoms with Crippen molar-refractivity contribution in [1.29, 1.82) is 0 Å². The largest absolute Gasteiger partial charge is 0.0587 e. The monoisotopic (exact) mass is 416 g/mol. The van der Waals surface area contributed by atoms with E-state index in [0.29, 0.717) is 5.92 Å². The molecule has 0 bridgehead atoms.